The molecule has 2 N–H and O–H groups in total. The normalized spacial score (nSPS) is 13.9. The Morgan fingerprint density at radius 1 is 1.31 bits per heavy atom. The molecule has 2 aromatic rings. The number of carbonyl (C=O) groups is 2. The maximum absolute atomic E-state index is 12.6. The number of hydrogen-bond acceptors (Lipinski definition) is 6. The largest absolute Gasteiger partial charge is 0.612 e. The fourth-order valence-corrected chi connectivity index (χ4v) is 4.51. The minimum absolute atomic E-state index is 0.144. The quantitative estimate of drug-likeness (QED) is 0.556. The zero-order valence-corrected chi connectivity index (χ0v) is 18.5. The number of hydrogen-bond donors (Lipinski definition) is 2. The molecule has 1 aromatic carbocycles. The fourth-order valence-electron chi connectivity index (χ4n) is 2.72. The number of carboxylic acid groups (broad SMARTS) is 1. The Morgan fingerprint density at radius 2 is 2.00 bits per heavy atom. The molecule has 1 unspecified atom stereocenters. The van der Waals surface area contributed by atoms with Crippen LogP contribution in [0.3, 0.4) is 0 Å². The van der Waals surface area contributed by atoms with Gasteiger partial charge in [0, 0.05) is 23.6 Å². The summed E-state index contributed by atoms with van der Waals surface area (Å²) < 4.78 is 4.12. The first-order chi connectivity index (χ1) is 13.8. The number of benzene rings is 1. The van der Waals surface area contributed by atoms with Crippen LogP contribution in [0.5, 0.6) is 0 Å². The predicted molar refractivity (Wildman–Crippen MR) is 114 cm³/mol. The minimum atomic E-state index is -1.83. The summed E-state index contributed by atoms with van der Waals surface area (Å²) in [6.07, 6.45) is 3.00. The second-order valence-corrected chi connectivity index (χ2v) is 9.29. The van der Waals surface area contributed by atoms with Gasteiger partial charge >= 0.3 is 5.97 Å². The SMILES string of the molecule is CCC[P+]([O-])=N[C@H](C(=O)N[C@@H](Cc1ccc(-c2nccs2)cc1)C(=O)O)C(C)C. The lowest BCUT2D eigenvalue weighted by Crippen LogP contribution is -2.47. The Kier molecular flexibility index (Phi) is 8.89. The van der Waals surface area contributed by atoms with E-state index < -0.39 is 31.9 Å². The fraction of sp³-hybridized carbons (Fsp3) is 0.450. The predicted octanol–water partition coefficient (Wildman–Crippen LogP) is 3.30. The van der Waals surface area contributed by atoms with Crippen molar-refractivity contribution in [2.75, 3.05) is 6.16 Å². The molecule has 1 heterocycles. The molecule has 0 saturated heterocycles. The van der Waals surface area contributed by atoms with Gasteiger partial charge in [-0.05, 0) is 17.9 Å². The molecular formula is C20H26N3O4PS. The molecule has 0 aliphatic rings. The smallest absolute Gasteiger partial charge is 0.326 e. The van der Waals surface area contributed by atoms with Gasteiger partial charge in [-0.25, -0.2) is 9.78 Å². The van der Waals surface area contributed by atoms with Gasteiger partial charge in [0.1, 0.15) is 17.2 Å². The summed E-state index contributed by atoms with van der Waals surface area (Å²) in [4.78, 5) is 40.6. The van der Waals surface area contributed by atoms with Crippen molar-refractivity contribution in [1.82, 2.24) is 10.3 Å². The van der Waals surface area contributed by atoms with Crippen LogP contribution in [0.2, 0.25) is 0 Å². The van der Waals surface area contributed by atoms with E-state index in [4.69, 9.17) is 0 Å². The molecule has 7 nitrogen and oxygen atoms in total. The maximum Gasteiger partial charge on any atom is 0.326 e. The van der Waals surface area contributed by atoms with Crippen LogP contribution in [0.25, 0.3) is 10.6 Å². The van der Waals surface area contributed by atoms with Gasteiger partial charge in [-0.15, -0.1) is 16.1 Å². The summed E-state index contributed by atoms with van der Waals surface area (Å²) in [6.45, 7) is 5.50. The van der Waals surface area contributed by atoms with Gasteiger partial charge in [-0.3, -0.25) is 4.79 Å². The number of nitrogens with zero attached hydrogens (tertiary/aromatic N) is 2. The third-order valence-electron chi connectivity index (χ3n) is 4.26. The summed E-state index contributed by atoms with van der Waals surface area (Å²) in [5, 5.41) is 14.9. The number of thiazole rings is 1. The van der Waals surface area contributed by atoms with Crippen molar-refractivity contribution in [3.63, 3.8) is 0 Å². The highest BCUT2D eigenvalue weighted by atomic mass is 32.1. The van der Waals surface area contributed by atoms with Gasteiger partial charge in [0.05, 0.1) is 0 Å². The van der Waals surface area contributed by atoms with Crippen molar-refractivity contribution in [2.45, 2.75) is 45.7 Å². The zero-order valence-electron chi connectivity index (χ0n) is 16.7. The maximum atomic E-state index is 12.6. The molecule has 29 heavy (non-hydrogen) atoms. The van der Waals surface area contributed by atoms with Gasteiger partial charge in [-0.1, -0.05) is 45.0 Å². The second-order valence-electron chi connectivity index (χ2n) is 7.02. The van der Waals surface area contributed by atoms with E-state index in [-0.39, 0.29) is 12.3 Å². The Hall–Kier alpha value is -2.15. The van der Waals surface area contributed by atoms with E-state index in [1.54, 1.807) is 20.0 Å². The monoisotopic (exact) mass is 435 g/mol. The summed E-state index contributed by atoms with van der Waals surface area (Å²) in [6, 6.07) is 5.52. The van der Waals surface area contributed by atoms with Gasteiger partial charge in [0.15, 0.2) is 14.0 Å². The molecule has 2 rings (SSSR count). The van der Waals surface area contributed by atoms with Crippen LogP contribution in [0, 0.1) is 5.92 Å². The van der Waals surface area contributed by atoms with Crippen LogP contribution < -0.4 is 10.2 Å². The standard InChI is InChI=1S/C20H26N3O4PS/c1-4-10-28(27)23-17(13(2)3)18(24)22-16(20(25)26)12-14-5-7-15(8-6-14)19-21-9-11-29-19/h5-9,11,13,16-17H,4,10,12H2,1-3H3,(H,22,24)(H,25,26)/t16-,17-/m0/s1. The second kappa shape index (κ2) is 11.1. The van der Waals surface area contributed by atoms with Crippen molar-refractivity contribution in [2.24, 2.45) is 10.7 Å². The average Bonchev–Trinajstić information content (AvgIpc) is 3.20. The number of aromatic nitrogens is 1. The molecule has 1 aromatic heterocycles. The van der Waals surface area contributed by atoms with E-state index in [2.05, 4.69) is 15.0 Å². The highest BCUT2D eigenvalue weighted by Crippen LogP contribution is 2.23. The molecule has 0 fully saturated rings. The van der Waals surface area contributed by atoms with Crippen molar-refractivity contribution < 1.29 is 19.6 Å². The van der Waals surface area contributed by atoms with Crippen molar-refractivity contribution >= 4 is 31.2 Å². The van der Waals surface area contributed by atoms with Crippen molar-refractivity contribution in [3.8, 4) is 10.6 Å². The Labute approximate surface area is 175 Å². The first-order valence-corrected chi connectivity index (χ1v) is 11.8. The highest BCUT2D eigenvalue weighted by molar-refractivity contribution is 7.39. The van der Waals surface area contributed by atoms with Gasteiger partial charge in [-0.2, -0.15) is 0 Å². The summed E-state index contributed by atoms with van der Waals surface area (Å²) >= 11 is 1.53. The van der Waals surface area contributed by atoms with Crippen LogP contribution in [0.4, 0.5) is 0 Å². The zero-order chi connectivity index (χ0) is 21.4. The number of rotatable bonds is 10. The molecular weight excluding hydrogens is 409 g/mol. The first-order valence-electron chi connectivity index (χ1n) is 9.49. The van der Waals surface area contributed by atoms with E-state index in [1.807, 2.05) is 36.6 Å². The third kappa shape index (κ3) is 6.99. The lowest BCUT2D eigenvalue weighted by molar-refractivity contribution is -0.156. The molecule has 9 heteroatoms. The first kappa shape index (κ1) is 23.1. The number of carbonyl (C=O) groups excluding carboxylic acids is 1. The Bertz CT molecular complexity index is 838. The van der Waals surface area contributed by atoms with E-state index in [1.165, 1.54) is 11.3 Å². The number of amides is 1. The van der Waals surface area contributed by atoms with Crippen LogP contribution in [-0.2, 0) is 16.0 Å². The lowest BCUT2D eigenvalue weighted by Gasteiger charge is -2.19. The molecule has 0 radical (unpaired) electrons. The van der Waals surface area contributed by atoms with Crippen LogP contribution in [0.1, 0.15) is 32.8 Å². The number of carboxylic acids is 1. The summed E-state index contributed by atoms with van der Waals surface area (Å²) in [7, 11) is -1.83. The van der Waals surface area contributed by atoms with Gasteiger partial charge in [0.25, 0.3) is 0 Å². The highest BCUT2D eigenvalue weighted by Gasteiger charge is 2.29. The van der Waals surface area contributed by atoms with Crippen LogP contribution >= 0.6 is 19.3 Å². The van der Waals surface area contributed by atoms with E-state index in [0.29, 0.717) is 12.6 Å². The molecule has 0 spiro atoms. The molecule has 1 amide bonds. The van der Waals surface area contributed by atoms with Crippen molar-refractivity contribution in [1.29, 1.82) is 0 Å². The molecule has 156 valence electrons. The topological polar surface area (TPSA) is 115 Å². The molecule has 0 bridgehead atoms. The van der Waals surface area contributed by atoms with Gasteiger partial charge < -0.3 is 15.3 Å². The Morgan fingerprint density at radius 3 is 2.52 bits per heavy atom. The van der Waals surface area contributed by atoms with E-state index >= 15 is 0 Å². The third-order valence-corrected chi connectivity index (χ3v) is 6.41. The van der Waals surface area contributed by atoms with Crippen LogP contribution in [-0.4, -0.2) is 40.2 Å². The van der Waals surface area contributed by atoms with Crippen molar-refractivity contribution in [3.05, 3.63) is 41.4 Å². The minimum Gasteiger partial charge on any atom is -0.612 e. The summed E-state index contributed by atoms with van der Waals surface area (Å²) in [5.41, 5.74) is 1.74. The lowest BCUT2D eigenvalue weighted by atomic mass is 10.0. The Balaban J connectivity index is 2.09. The van der Waals surface area contributed by atoms with E-state index in [0.717, 1.165) is 16.1 Å². The molecule has 0 aliphatic heterocycles. The number of nitrogens with one attached hydrogen (secondary N) is 1. The average molecular weight is 435 g/mol. The molecule has 0 aliphatic carbocycles. The van der Waals surface area contributed by atoms with Gasteiger partial charge in [0.2, 0.25) is 5.91 Å². The molecule has 3 atom stereocenters. The summed E-state index contributed by atoms with van der Waals surface area (Å²) in [5.74, 6) is -1.81. The van der Waals surface area contributed by atoms with Crippen LogP contribution in [0.15, 0.2) is 40.6 Å². The number of aliphatic carboxylic acids is 1. The van der Waals surface area contributed by atoms with E-state index in [9.17, 15) is 19.6 Å². The molecule has 0 saturated carbocycles.